The standard InChI is InChI=1S/C11H19F2NO3/c1-7(2)9(6-16-3)14-5-8-4-11(12,13)10(15)17-8/h7-9,14H,4-6H2,1-3H3. The highest BCUT2D eigenvalue weighted by molar-refractivity contribution is 5.79. The molecule has 6 heteroatoms. The van der Waals surface area contributed by atoms with Gasteiger partial charge in [-0.2, -0.15) is 8.78 Å². The summed E-state index contributed by atoms with van der Waals surface area (Å²) >= 11 is 0. The van der Waals surface area contributed by atoms with Crippen LogP contribution in [-0.4, -0.2) is 44.3 Å². The van der Waals surface area contributed by atoms with E-state index in [9.17, 15) is 13.6 Å². The molecule has 0 aromatic rings. The van der Waals surface area contributed by atoms with Crippen molar-refractivity contribution in [3.05, 3.63) is 0 Å². The first-order valence-corrected chi connectivity index (χ1v) is 5.68. The number of nitrogens with one attached hydrogen (secondary N) is 1. The van der Waals surface area contributed by atoms with Crippen LogP contribution in [0.5, 0.6) is 0 Å². The third kappa shape index (κ3) is 3.89. The number of ether oxygens (including phenoxy) is 2. The molecule has 0 aliphatic carbocycles. The minimum Gasteiger partial charge on any atom is -0.456 e. The Bertz CT molecular complexity index is 271. The fraction of sp³-hybridized carbons (Fsp3) is 0.909. The van der Waals surface area contributed by atoms with Crippen molar-refractivity contribution in [1.82, 2.24) is 5.32 Å². The molecule has 2 unspecified atom stereocenters. The number of alkyl halides is 2. The lowest BCUT2D eigenvalue weighted by Gasteiger charge is -2.22. The highest BCUT2D eigenvalue weighted by atomic mass is 19.3. The van der Waals surface area contributed by atoms with Gasteiger partial charge in [0.1, 0.15) is 6.10 Å². The summed E-state index contributed by atoms with van der Waals surface area (Å²) in [4.78, 5) is 10.8. The monoisotopic (exact) mass is 251 g/mol. The second-order valence-corrected chi connectivity index (χ2v) is 4.65. The fourth-order valence-electron chi connectivity index (χ4n) is 1.71. The molecule has 0 aromatic carbocycles. The van der Waals surface area contributed by atoms with Gasteiger partial charge in [0.25, 0.3) is 0 Å². The summed E-state index contributed by atoms with van der Waals surface area (Å²) in [6, 6.07) is 0.0629. The van der Waals surface area contributed by atoms with E-state index in [0.717, 1.165) is 0 Å². The first-order valence-electron chi connectivity index (χ1n) is 5.68. The van der Waals surface area contributed by atoms with Crippen LogP contribution < -0.4 is 5.32 Å². The lowest BCUT2D eigenvalue weighted by molar-refractivity contribution is -0.159. The molecule has 0 aromatic heterocycles. The van der Waals surface area contributed by atoms with Crippen LogP contribution in [0.1, 0.15) is 20.3 Å². The van der Waals surface area contributed by atoms with Gasteiger partial charge in [-0.3, -0.25) is 0 Å². The Kier molecular flexibility index (Phi) is 4.82. The molecule has 100 valence electrons. The summed E-state index contributed by atoms with van der Waals surface area (Å²) in [6.07, 6.45) is -1.30. The van der Waals surface area contributed by atoms with Crippen LogP contribution in [-0.2, 0) is 14.3 Å². The molecule has 0 bridgehead atoms. The van der Waals surface area contributed by atoms with Gasteiger partial charge in [0.2, 0.25) is 0 Å². The normalized spacial score (nSPS) is 25.1. The van der Waals surface area contributed by atoms with Gasteiger partial charge < -0.3 is 14.8 Å². The average Bonchev–Trinajstić information content (AvgIpc) is 2.47. The van der Waals surface area contributed by atoms with Crippen molar-refractivity contribution in [1.29, 1.82) is 0 Å². The summed E-state index contributed by atoms with van der Waals surface area (Å²) in [5.41, 5.74) is 0. The van der Waals surface area contributed by atoms with Crippen molar-refractivity contribution in [2.24, 2.45) is 5.92 Å². The van der Waals surface area contributed by atoms with E-state index in [0.29, 0.717) is 12.5 Å². The van der Waals surface area contributed by atoms with Crippen molar-refractivity contribution >= 4 is 5.97 Å². The smallest absolute Gasteiger partial charge is 0.377 e. The van der Waals surface area contributed by atoms with Crippen LogP contribution in [0.3, 0.4) is 0 Å². The Morgan fingerprint density at radius 2 is 2.24 bits per heavy atom. The van der Waals surface area contributed by atoms with Crippen molar-refractivity contribution < 1.29 is 23.0 Å². The number of cyclic esters (lactones) is 1. The highest BCUT2D eigenvalue weighted by Crippen LogP contribution is 2.30. The van der Waals surface area contributed by atoms with E-state index in [1.165, 1.54) is 0 Å². The third-order valence-electron chi connectivity index (χ3n) is 2.82. The van der Waals surface area contributed by atoms with E-state index in [1.807, 2.05) is 13.8 Å². The van der Waals surface area contributed by atoms with Crippen LogP contribution in [0.2, 0.25) is 0 Å². The van der Waals surface area contributed by atoms with Crippen LogP contribution >= 0.6 is 0 Å². The maximum absolute atomic E-state index is 12.9. The Morgan fingerprint density at radius 1 is 1.59 bits per heavy atom. The van der Waals surface area contributed by atoms with Crippen LogP contribution in [0.25, 0.3) is 0 Å². The van der Waals surface area contributed by atoms with Gasteiger partial charge in [-0.05, 0) is 5.92 Å². The second-order valence-electron chi connectivity index (χ2n) is 4.65. The van der Waals surface area contributed by atoms with Crippen molar-refractivity contribution in [2.45, 2.75) is 38.3 Å². The Morgan fingerprint density at radius 3 is 2.65 bits per heavy atom. The zero-order valence-corrected chi connectivity index (χ0v) is 10.3. The van der Waals surface area contributed by atoms with Gasteiger partial charge in [0.15, 0.2) is 0 Å². The maximum Gasteiger partial charge on any atom is 0.377 e. The van der Waals surface area contributed by atoms with E-state index in [1.54, 1.807) is 7.11 Å². The van der Waals surface area contributed by atoms with Gasteiger partial charge >= 0.3 is 11.9 Å². The first kappa shape index (κ1) is 14.3. The molecular weight excluding hydrogens is 232 g/mol. The van der Waals surface area contributed by atoms with Crippen LogP contribution in [0.15, 0.2) is 0 Å². The van der Waals surface area contributed by atoms with Crippen molar-refractivity contribution in [3.63, 3.8) is 0 Å². The Balaban J connectivity index is 2.38. The van der Waals surface area contributed by atoms with Gasteiger partial charge in [-0.25, -0.2) is 4.79 Å². The van der Waals surface area contributed by atoms with Crippen LogP contribution in [0.4, 0.5) is 8.78 Å². The molecule has 0 spiro atoms. The highest BCUT2D eigenvalue weighted by Gasteiger charge is 2.50. The molecular formula is C11H19F2NO3. The van der Waals surface area contributed by atoms with Gasteiger partial charge in [-0.15, -0.1) is 0 Å². The topological polar surface area (TPSA) is 47.6 Å². The minimum absolute atomic E-state index is 0.0629. The second kappa shape index (κ2) is 5.73. The van der Waals surface area contributed by atoms with E-state index >= 15 is 0 Å². The summed E-state index contributed by atoms with van der Waals surface area (Å²) in [5, 5.41) is 3.08. The lowest BCUT2D eigenvalue weighted by Crippen LogP contribution is -2.41. The zero-order valence-electron chi connectivity index (χ0n) is 10.3. The number of rotatable bonds is 6. The van der Waals surface area contributed by atoms with Gasteiger partial charge in [-0.1, -0.05) is 13.8 Å². The van der Waals surface area contributed by atoms with E-state index in [2.05, 4.69) is 10.1 Å². The summed E-state index contributed by atoms with van der Waals surface area (Å²) in [7, 11) is 1.58. The Labute approximate surface area is 99.7 Å². The molecule has 1 fully saturated rings. The summed E-state index contributed by atoms with van der Waals surface area (Å²) in [5.74, 6) is -4.44. The number of carbonyl (C=O) groups is 1. The summed E-state index contributed by atoms with van der Waals surface area (Å²) < 4.78 is 35.4. The molecule has 1 heterocycles. The SMILES string of the molecule is COCC(NCC1CC(F)(F)C(=O)O1)C(C)C. The predicted molar refractivity (Wildman–Crippen MR) is 57.9 cm³/mol. The number of hydrogen-bond donors (Lipinski definition) is 1. The van der Waals surface area contributed by atoms with Crippen molar-refractivity contribution in [3.8, 4) is 0 Å². The molecule has 2 atom stereocenters. The Hall–Kier alpha value is -0.750. The number of methoxy groups -OCH3 is 1. The molecule has 0 amide bonds. The number of carbonyl (C=O) groups excluding carboxylic acids is 1. The molecule has 4 nitrogen and oxygen atoms in total. The van der Waals surface area contributed by atoms with Crippen molar-refractivity contribution in [2.75, 3.05) is 20.3 Å². The van der Waals surface area contributed by atoms with E-state index in [4.69, 9.17) is 4.74 Å². The molecule has 1 aliphatic heterocycles. The number of halogens is 2. The minimum atomic E-state index is -3.33. The predicted octanol–water partition coefficient (Wildman–Crippen LogP) is 1.20. The van der Waals surface area contributed by atoms with Crippen LogP contribution in [0, 0.1) is 5.92 Å². The quantitative estimate of drug-likeness (QED) is 0.721. The maximum atomic E-state index is 12.9. The van der Waals surface area contributed by atoms with Gasteiger partial charge in [0.05, 0.1) is 13.0 Å². The zero-order chi connectivity index (χ0) is 13.1. The lowest BCUT2D eigenvalue weighted by atomic mass is 10.0. The number of hydrogen-bond acceptors (Lipinski definition) is 4. The summed E-state index contributed by atoms with van der Waals surface area (Å²) in [6.45, 7) is 4.74. The largest absolute Gasteiger partial charge is 0.456 e. The van der Waals surface area contributed by atoms with Gasteiger partial charge in [0, 0.05) is 19.7 Å². The molecule has 1 N–H and O–H groups in total. The molecule has 0 radical (unpaired) electrons. The third-order valence-corrected chi connectivity index (χ3v) is 2.82. The molecule has 17 heavy (non-hydrogen) atoms. The first-order chi connectivity index (χ1) is 7.86. The molecule has 1 rings (SSSR count). The molecule has 1 saturated heterocycles. The fourth-order valence-corrected chi connectivity index (χ4v) is 1.71. The van der Waals surface area contributed by atoms with E-state index in [-0.39, 0.29) is 12.6 Å². The number of esters is 1. The molecule has 0 saturated carbocycles. The van der Waals surface area contributed by atoms with E-state index < -0.39 is 24.4 Å². The molecule has 1 aliphatic rings. The average molecular weight is 251 g/mol.